The fourth-order valence-corrected chi connectivity index (χ4v) is 2.67. The summed E-state index contributed by atoms with van der Waals surface area (Å²) < 4.78 is 6.32. The fraction of sp³-hybridized carbons (Fsp3) is 0.692. The van der Waals surface area contributed by atoms with Crippen LogP contribution in [0.4, 0.5) is 11.6 Å². The third-order valence-corrected chi connectivity index (χ3v) is 3.69. The topological polar surface area (TPSA) is 102 Å². The third-order valence-electron chi connectivity index (χ3n) is 3.69. The van der Waals surface area contributed by atoms with Gasteiger partial charge in [-0.2, -0.15) is 5.10 Å². The van der Waals surface area contributed by atoms with Crippen LogP contribution in [0.15, 0.2) is 0 Å². The molecular weight excluding hydrogens is 260 g/mol. The lowest BCUT2D eigenvalue weighted by Crippen LogP contribution is -2.29. The summed E-state index contributed by atoms with van der Waals surface area (Å²) in [6, 6.07) is -0.181. The van der Waals surface area contributed by atoms with Crippen LogP contribution in [0, 0.1) is 0 Å². The minimum Gasteiger partial charge on any atom is -0.465 e. The molecule has 0 bridgehead atoms. The van der Waals surface area contributed by atoms with Crippen LogP contribution in [0.25, 0.3) is 0 Å². The molecule has 2 atom stereocenters. The molecule has 0 aliphatic heterocycles. The van der Waals surface area contributed by atoms with Gasteiger partial charge in [-0.25, -0.2) is 9.48 Å². The van der Waals surface area contributed by atoms with Crippen LogP contribution < -0.4 is 11.1 Å². The molecule has 2 unspecified atom stereocenters. The van der Waals surface area contributed by atoms with Gasteiger partial charge in [-0.15, -0.1) is 0 Å². The van der Waals surface area contributed by atoms with Crippen LogP contribution in [-0.4, -0.2) is 40.6 Å². The molecule has 0 amide bonds. The molecule has 1 aliphatic carbocycles. The maximum absolute atomic E-state index is 11.8. The van der Waals surface area contributed by atoms with Gasteiger partial charge in [0.05, 0.1) is 19.3 Å². The molecule has 1 saturated carbocycles. The van der Waals surface area contributed by atoms with E-state index in [1.54, 1.807) is 4.68 Å². The van der Waals surface area contributed by atoms with Gasteiger partial charge in [0.15, 0.2) is 5.82 Å². The number of rotatable bonds is 4. The molecule has 4 N–H and O–H groups in total. The minimum absolute atomic E-state index is 0.181. The fourth-order valence-electron chi connectivity index (χ4n) is 2.67. The van der Waals surface area contributed by atoms with Crippen molar-refractivity contribution in [1.82, 2.24) is 9.78 Å². The second-order valence-electron chi connectivity index (χ2n) is 4.99. The molecule has 1 aromatic rings. The van der Waals surface area contributed by atoms with Gasteiger partial charge >= 0.3 is 5.97 Å². The molecular formula is C13H22N4O3. The summed E-state index contributed by atoms with van der Waals surface area (Å²) in [5.74, 6) is 0.142. The lowest BCUT2D eigenvalue weighted by molar-refractivity contribution is 0.0599. The number of ether oxygens (including phenoxy) is 1. The summed E-state index contributed by atoms with van der Waals surface area (Å²) in [6.07, 6.45) is 3.08. The van der Waals surface area contributed by atoms with Crippen molar-refractivity contribution in [2.24, 2.45) is 0 Å². The summed E-state index contributed by atoms with van der Waals surface area (Å²) in [5.41, 5.74) is 6.30. The molecule has 7 heteroatoms. The molecule has 1 aliphatic rings. The lowest BCUT2D eigenvalue weighted by Gasteiger charge is -2.28. The van der Waals surface area contributed by atoms with Crippen LogP contribution in [0.1, 0.15) is 49.0 Å². The smallest absolute Gasteiger partial charge is 0.345 e. The number of nitrogens with two attached hydrogens (primary N) is 1. The highest BCUT2D eigenvalue weighted by Crippen LogP contribution is 2.33. The molecule has 0 aromatic carbocycles. The average Bonchev–Trinajstić information content (AvgIpc) is 2.76. The Morgan fingerprint density at radius 2 is 2.25 bits per heavy atom. The van der Waals surface area contributed by atoms with Gasteiger partial charge in [0.1, 0.15) is 11.4 Å². The normalized spacial score (nSPS) is 22.6. The Hall–Kier alpha value is -1.76. The van der Waals surface area contributed by atoms with Crippen LogP contribution in [0.2, 0.25) is 0 Å². The summed E-state index contributed by atoms with van der Waals surface area (Å²) in [5, 5.41) is 17.5. The summed E-state index contributed by atoms with van der Waals surface area (Å²) in [6.45, 7) is 2.53. The number of hydrogen-bond acceptors (Lipinski definition) is 6. The first-order valence-electron chi connectivity index (χ1n) is 6.98. The zero-order chi connectivity index (χ0) is 14.7. The van der Waals surface area contributed by atoms with Gasteiger partial charge in [0.2, 0.25) is 0 Å². The predicted octanol–water partition coefficient (Wildman–Crippen LogP) is 1.16. The molecule has 1 heterocycles. The predicted molar refractivity (Wildman–Crippen MR) is 75.7 cm³/mol. The highest BCUT2D eigenvalue weighted by molar-refractivity contribution is 5.99. The van der Waals surface area contributed by atoms with Crippen molar-refractivity contribution < 1.29 is 14.6 Å². The number of carbonyl (C=O) groups is 1. The van der Waals surface area contributed by atoms with E-state index in [-0.39, 0.29) is 17.4 Å². The molecule has 1 aromatic heterocycles. The highest BCUT2D eigenvalue weighted by Gasteiger charge is 2.31. The number of nitrogens with zero attached hydrogens (tertiary/aromatic N) is 2. The van der Waals surface area contributed by atoms with Crippen LogP contribution in [0.5, 0.6) is 0 Å². The van der Waals surface area contributed by atoms with E-state index >= 15 is 0 Å². The van der Waals surface area contributed by atoms with Crippen LogP contribution >= 0.6 is 0 Å². The number of esters is 1. The van der Waals surface area contributed by atoms with Gasteiger partial charge in [0.25, 0.3) is 0 Å². The Bertz CT molecular complexity index is 486. The number of aliphatic hydroxyl groups is 1. The minimum atomic E-state index is -0.519. The van der Waals surface area contributed by atoms with Gasteiger partial charge in [-0.3, -0.25) is 0 Å². The van der Waals surface area contributed by atoms with E-state index in [0.29, 0.717) is 12.4 Å². The summed E-state index contributed by atoms with van der Waals surface area (Å²) in [4.78, 5) is 11.8. The average molecular weight is 282 g/mol. The van der Waals surface area contributed by atoms with E-state index in [9.17, 15) is 9.90 Å². The quantitative estimate of drug-likeness (QED) is 0.716. The summed E-state index contributed by atoms with van der Waals surface area (Å²) >= 11 is 0. The van der Waals surface area contributed by atoms with Crippen molar-refractivity contribution in [2.45, 2.75) is 44.8 Å². The number of methoxy groups -OCH3 is 1. The number of hydrogen-bond donors (Lipinski definition) is 3. The largest absolute Gasteiger partial charge is 0.465 e. The van der Waals surface area contributed by atoms with Gasteiger partial charge in [-0.1, -0.05) is 12.8 Å². The van der Waals surface area contributed by atoms with E-state index in [2.05, 4.69) is 10.4 Å². The number of aromatic nitrogens is 2. The zero-order valence-corrected chi connectivity index (χ0v) is 11.9. The molecule has 0 radical (unpaired) electrons. The van der Waals surface area contributed by atoms with Gasteiger partial charge in [0, 0.05) is 6.54 Å². The Morgan fingerprint density at radius 3 is 2.85 bits per heavy atom. The maximum Gasteiger partial charge on any atom is 0.345 e. The second kappa shape index (κ2) is 6.13. The first kappa shape index (κ1) is 14.6. The van der Waals surface area contributed by atoms with Crippen molar-refractivity contribution in [3.05, 3.63) is 5.56 Å². The number of anilines is 2. The number of nitrogens with one attached hydrogen (secondary N) is 1. The Kier molecular flexibility index (Phi) is 4.49. The number of nitrogen functional groups attached to an aromatic ring is 1. The van der Waals surface area contributed by atoms with Crippen molar-refractivity contribution in [3.8, 4) is 0 Å². The van der Waals surface area contributed by atoms with Crippen molar-refractivity contribution in [2.75, 3.05) is 24.7 Å². The summed E-state index contributed by atoms with van der Waals surface area (Å²) in [7, 11) is 1.31. The van der Waals surface area contributed by atoms with E-state index in [1.165, 1.54) is 7.11 Å². The van der Waals surface area contributed by atoms with E-state index in [0.717, 1.165) is 25.7 Å². The van der Waals surface area contributed by atoms with E-state index < -0.39 is 12.1 Å². The van der Waals surface area contributed by atoms with Crippen molar-refractivity contribution >= 4 is 17.6 Å². The number of carbonyl (C=O) groups excluding carboxylic acids is 1. The molecule has 20 heavy (non-hydrogen) atoms. The molecule has 1 fully saturated rings. The standard InChI is InChI=1S/C13H22N4O3/c1-3-15-12-10(13(19)20-2)11(14)17(16-12)8-6-4-5-7-9(8)18/h8-9,18H,3-7,14H2,1-2H3,(H,15,16). The monoisotopic (exact) mass is 282 g/mol. The van der Waals surface area contributed by atoms with Crippen molar-refractivity contribution in [1.29, 1.82) is 0 Å². The Morgan fingerprint density at radius 1 is 1.55 bits per heavy atom. The second-order valence-corrected chi connectivity index (χ2v) is 4.99. The molecule has 0 spiro atoms. The molecule has 0 saturated heterocycles. The van der Waals surface area contributed by atoms with Crippen LogP contribution in [-0.2, 0) is 4.74 Å². The highest BCUT2D eigenvalue weighted by atomic mass is 16.5. The van der Waals surface area contributed by atoms with E-state index in [1.807, 2.05) is 6.92 Å². The first-order chi connectivity index (χ1) is 9.60. The van der Waals surface area contributed by atoms with Crippen LogP contribution in [0.3, 0.4) is 0 Å². The zero-order valence-electron chi connectivity index (χ0n) is 11.9. The molecule has 112 valence electrons. The van der Waals surface area contributed by atoms with Gasteiger partial charge < -0.3 is 20.9 Å². The Labute approximate surface area is 118 Å². The molecule has 7 nitrogen and oxygen atoms in total. The Balaban J connectivity index is 2.40. The van der Waals surface area contributed by atoms with E-state index in [4.69, 9.17) is 10.5 Å². The van der Waals surface area contributed by atoms with Crippen molar-refractivity contribution in [3.63, 3.8) is 0 Å². The first-order valence-corrected chi connectivity index (χ1v) is 6.98. The SMILES string of the molecule is CCNc1nn(C2CCCCC2O)c(N)c1C(=O)OC. The lowest BCUT2D eigenvalue weighted by atomic mass is 9.93. The van der Waals surface area contributed by atoms with Gasteiger partial charge in [-0.05, 0) is 19.8 Å². The third kappa shape index (κ3) is 2.58. The maximum atomic E-state index is 11.8. The molecule has 2 rings (SSSR count). The number of aliphatic hydroxyl groups excluding tert-OH is 1.